The van der Waals surface area contributed by atoms with E-state index in [-0.39, 0.29) is 0 Å². The van der Waals surface area contributed by atoms with E-state index in [1.807, 2.05) is 23.1 Å². The van der Waals surface area contributed by atoms with Crippen LogP contribution in [0.4, 0.5) is 17.5 Å². The van der Waals surface area contributed by atoms with Crippen molar-refractivity contribution in [2.45, 2.75) is 26.3 Å². The number of aryl methyl sites for hydroxylation is 1. The number of H-pyrrole nitrogens is 1. The molecule has 1 fully saturated rings. The third kappa shape index (κ3) is 2.61. The second kappa shape index (κ2) is 5.32. The summed E-state index contributed by atoms with van der Waals surface area (Å²) in [6, 6.07) is 2.00. The third-order valence-electron chi connectivity index (χ3n) is 3.88. The maximum atomic E-state index is 4.61. The highest BCUT2D eigenvalue weighted by Gasteiger charge is 2.21. The fraction of sp³-hybridized carbons (Fsp3) is 0.400. The van der Waals surface area contributed by atoms with Gasteiger partial charge in [-0.15, -0.1) is 0 Å². The molecule has 3 N–H and O–H groups in total. The number of nitrogens with one attached hydrogen (secondary N) is 3. The average molecular weight is 297 g/mol. The lowest BCUT2D eigenvalue weighted by Crippen LogP contribution is -2.07. The topological polar surface area (TPSA) is 83.5 Å². The van der Waals surface area contributed by atoms with Crippen LogP contribution < -0.4 is 10.6 Å². The Kier molecular flexibility index (Phi) is 3.17. The Morgan fingerprint density at radius 1 is 1.36 bits per heavy atom. The zero-order valence-electron chi connectivity index (χ0n) is 12.5. The Balaban J connectivity index is 1.61. The number of fused-ring (bicyclic) bond motifs is 1. The smallest absolute Gasteiger partial charge is 0.231 e. The van der Waals surface area contributed by atoms with Crippen molar-refractivity contribution >= 4 is 28.5 Å². The van der Waals surface area contributed by atoms with Crippen LogP contribution in [0.1, 0.15) is 19.8 Å². The van der Waals surface area contributed by atoms with Crippen LogP contribution in [0.15, 0.2) is 24.7 Å². The number of rotatable bonds is 6. The molecule has 0 spiro atoms. The highest BCUT2D eigenvalue weighted by Crippen LogP contribution is 2.30. The fourth-order valence-corrected chi connectivity index (χ4v) is 2.43. The maximum absolute atomic E-state index is 4.61. The lowest BCUT2D eigenvalue weighted by molar-refractivity contribution is 0.660. The molecule has 0 radical (unpaired) electrons. The van der Waals surface area contributed by atoms with Gasteiger partial charge in [-0.05, 0) is 31.7 Å². The van der Waals surface area contributed by atoms with Crippen LogP contribution in [0, 0.1) is 5.92 Å². The highest BCUT2D eigenvalue weighted by atomic mass is 15.3. The van der Waals surface area contributed by atoms with Crippen LogP contribution >= 0.6 is 0 Å². The van der Waals surface area contributed by atoms with E-state index >= 15 is 0 Å². The summed E-state index contributed by atoms with van der Waals surface area (Å²) in [6.07, 6.45) is 8.24. The Morgan fingerprint density at radius 3 is 3.05 bits per heavy atom. The molecule has 0 unspecified atom stereocenters. The normalized spacial score (nSPS) is 14.4. The SMILES string of the molecule is CCn1cc(Nc2nc(NCC3CC3)c3cc[nH]c3n2)cn1. The zero-order chi connectivity index (χ0) is 14.9. The van der Waals surface area contributed by atoms with E-state index in [0.29, 0.717) is 5.95 Å². The van der Waals surface area contributed by atoms with Crippen molar-refractivity contribution in [2.24, 2.45) is 5.92 Å². The molecule has 4 rings (SSSR count). The lowest BCUT2D eigenvalue weighted by Gasteiger charge is -2.08. The molecule has 3 aromatic heterocycles. The predicted octanol–water partition coefficient (Wildman–Crippen LogP) is 2.74. The first-order valence-corrected chi connectivity index (χ1v) is 7.70. The first-order chi connectivity index (χ1) is 10.8. The summed E-state index contributed by atoms with van der Waals surface area (Å²) in [6.45, 7) is 3.87. The van der Waals surface area contributed by atoms with E-state index in [1.165, 1.54) is 12.8 Å². The second-order valence-corrected chi connectivity index (χ2v) is 5.67. The van der Waals surface area contributed by atoms with Crippen molar-refractivity contribution in [3.63, 3.8) is 0 Å². The van der Waals surface area contributed by atoms with E-state index in [2.05, 4.69) is 37.6 Å². The molecule has 0 aromatic carbocycles. The standard InChI is InChI=1S/C15H19N7/c1-2-22-9-11(8-18-22)19-15-20-13-12(5-6-16-13)14(21-15)17-7-10-3-4-10/h5-6,8-10H,2-4,7H2,1H3,(H3,16,17,19,20,21). The predicted molar refractivity (Wildman–Crippen MR) is 86.3 cm³/mol. The molecule has 1 saturated carbocycles. The van der Waals surface area contributed by atoms with Crippen LogP contribution in [0.3, 0.4) is 0 Å². The Morgan fingerprint density at radius 2 is 2.27 bits per heavy atom. The minimum absolute atomic E-state index is 0.573. The number of nitrogens with zero attached hydrogens (tertiary/aromatic N) is 4. The molecule has 1 aliphatic rings. The maximum Gasteiger partial charge on any atom is 0.231 e. The molecular weight excluding hydrogens is 278 g/mol. The van der Waals surface area contributed by atoms with Crippen LogP contribution in [0.5, 0.6) is 0 Å². The van der Waals surface area contributed by atoms with Gasteiger partial charge < -0.3 is 15.6 Å². The third-order valence-corrected chi connectivity index (χ3v) is 3.88. The Hall–Kier alpha value is -2.57. The molecule has 3 aromatic rings. The number of anilines is 3. The summed E-state index contributed by atoms with van der Waals surface area (Å²) in [4.78, 5) is 12.3. The van der Waals surface area contributed by atoms with Crippen LogP contribution in [0.2, 0.25) is 0 Å². The largest absolute Gasteiger partial charge is 0.369 e. The van der Waals surface area contributed by atoms with Crippen molar-refractivity contribution in [2.75, 3.05) is 17.2 Å². The first-order valence-electron chi connectivity index (χ1n) is 7.70. The van der Waals surface area contributed by atoms with E-state index in [0.717, 1.165) is 41.5 Å². The summed E-state index contributed by atoms with van der Waals surface area (Å²) < 4.78 is 1.86. The van der Waals surface area contributed by atoms with Gasteiger partial charge in [0, 0.05) is 25.5 Å². The van der Waals surface area contributed by atoms with Gasteiger partial charge in [-0.3, -0.25) is 4.68 Å². The molecule has 3 heterocycles. The number of hydrogen-bond acceptors (Lipinski definition) is 5. The van der Waals surface area contributed by atoms with Crippen molar-refractivity contribution in [3.8, 4) is 0 Å². The lowest BCUT2D eigenvalue weighted by atomic mass is 10.3. The minimum atomic E-state index is 0.573. The molecule has 7 nitrogen and oxygen atoms in total. The minimum Gasteiger partial charge on any atom is -0.369 e. The van der Waals surface area contributed by atoms with Crippen molar-refractivity contribution in [1.29, 1.82) is 0 Å². The van der Waals surface area contributed by atoms with Gasteiger partial charge in [0.2, 0.25) is 5.95 Å². The molecule has 0 amide bonds. The molecule has 0 atom stereocenters. The van der Waals surface area contributed by atoms with E-state index in [9.17, 15) is 0 Å². The number of aromatic amines is 1. The van der Waals surface area contributed by atoms with Gasteiger partial charge in [0.05, 0.1) is 17.3 Å². The monoisotopic (exact) mass is 297 g/mol. The van der Waals surface area contributed by atoms with E-state index in [4.69, 9.17) is 0 Å². The summed E-state index contributed by atoms with van der Waals surface area (Å²) in [5.74, 6) is 2.25. The number of aromatic nitrogens is 5. The molecule has 114 valence electrons. The first kappa shape index (κ1) is 13.1. The Labute approximate surface area is 128 Å². The van der Waals surface area contributed by atoms with Gasteiger partial charge in [0.1, 0.15) is 11.5 Å². The molecule has 0 aliphatic heterocycles. The van der Waals surface area contributed by atoms with Crippen LogP contribution in [-0.4, -0.2) is 31.3 Å². The molecule has 22 heavy (non-hydrogen) atoms. The molecule has 0 bridgehead atoms. The van der Waals surface area contributed by atoms with Gasteiger partial charge in [0.15, 0.2) is 0 Å². The van der Waals surface area contributed by atoms with Gasteiger partial charge in [-0.2, -0.15) is 15.1 Å². The summed E-state index contributed by atoms with van der Waals surface area (Å²) in [5, 5.41) is 11.9. The highest BCUT2D eigenvalue weighted by molar-refractivity contribution is 5.88. The quantitative estimate of drug-likeness (QED) is 0.651. The zero-order valence-corrected chi connectivity index (χ0v) is 12.5. The van der Waals surface area contributed by atoms with Gasteiger partial charge in [0.25, 0.3) is 0 Å². The molecule has 0 saturated heterocycles. The summed E-state index contributed by atoms with van der Waals surface area (Å²) in [7, 11) is 0. The molecular formula is C15H19N7. The average Bonchev–Trinajstić information content (AvgIpc) is 3.04. The van der Waals surface area contributed by atoms with Crippen molar-refractivity contribution in [1.82, 2.24) is 24.7 Å². The van der Waals surface area contributed by atoms with Crippen LogP contribution in [0.25, 0.3) is 11.0 Å². The van der Waals surface area contributed by atoms with Gasteiger partial charge in [-0.25, -0.2) is 0 Å². The van der Waals surface area contributed by atoms with Crippen LogP contribution in [-0.2, 0) is 6.54 Å². The van der Waals surface area contributed by atoms with Crippen molar-refractivity contribution < 1.29 is 0 Å². The fourth-order valence-electron chi connectivity index (χ4n) is 2.43. The molecule has 7 heteroatoms. The summed E-state index contributed by atoms with van der Waals surface area (Å²) in [5.41, 5.74) is 1.72. The van der Waals surface area contributed by atoms with Gasteiger partial charge >= 0.3 is 0 Å². The Bertz CT molecular complexity index is 784. The molecule has 1 aliphatic carbocycles. The van der Waals surface area contributed by atoms with Crippen molar-refractivity contribution in [3.05, 3.63) is 24.7 Å². The second-order valence-electron chi connectivity index (χ2n) is 5.67. The van der Waals surface area contributed by atoms with E-state index in [1.54, 1.807) is 6.20 Å². The number of hydrogen-bond donors (Lipinski definition) is 3. The van der Waals surface area contributed by atoms with Gasteiger partial charge in [-0.1, -0.05) is 0 Å². The summed E-state index contributed by atoms with van der Waals surface area (Å²) >= 11 is 0. The van der Waals surface area contributed by atoms with E-state index < -0.39 is 0 Å².